The number of hydrogen-bond donors (Lipinski definition) is 2. The van der Waals surface area contributed by atoms with Gasteiger partial charge < -0.3 is 19.7 Å². The Morgan fingerprint density at radius 3 is 2.69 bits per heavy atom. The predicted octanol–water partition coefficient (Wildman–Crippen LogP) is 2.32. The summed E-state index contributed by atoms with van der Waals surface area (Å²) in [6.45, 7) is 0.0462. The number of aliphatic carboxylic acids is 1. The Labute approximate surface area is 154 Å². The fourth-order valence-corrected chi connectivity index (χ4v) is 3.79. The fraction of sp³-hybridized carbons (Fsp3) is 0.263. The van der Waals surface area contributed by atoms with Crippen LogP contribution in [0.5, 0.6) is 0 Å². The van der Waals surface area contributed by atoms with Gasteiger partial charge in [0.1, 0.15) is 12.4 Å². The number of carboxylic acid groups (broad SMARTS) is 1. The van der Waals surface area contributed by atoms with Crippen LogP contribution in [0.3, 0.4) is 0 Å². The van der Waals surface area contributed by atoms with Crippen molar-refractivity contribution in [1.82, 2.24) is 5.32 Å². The molecule has 7 heteroatoms. The lowest BCUT2D eigenvalue weighted by Crippen LogP contribution is -2.45. The van der Waals surface area contributed by atoms with E-state index in [1.165, 1.54) is 17.4 Å². The molecule has 0 fully saturated rings. The molecule has 0 aliphatic heterocycles. The van der Waals surface area contributed by atoms with E-state index in [2.05, 4.69) is 17.4 Å². The van der Waals surface area contributed by atoms with Crippen LogP contribution in [0.4, 0.5) is 4.79 Å². The summed E-state index contributed by atoms with van der Waals surface area (Å²) in [6, 6.07) is 12.8. The molecule has 0 radical (unpaired) electrons. The van der Waals surface area contributed by atoms with Gasteiger partial charge in [-0.25, -0.2) is 9.59 Å². The number of carbonyl (C=O) groups excluding carboxylic acids is 1. The number of ether oxygens (including phenoxy) is 1. The van der Waals surface area contributed by atoms with Crippen molar-refractivity contribution in [1.29, 1.82) is 0 Å². The maximum absolute atomic E-state index is 11.9. The molecule has 6 nitrogen and oxygen atoms in total. The lowest BCUT2D eigenvalue weighted by atomic mass is 10.0. The summed E-state index contributed by atoms with van der Waals surface area (Å²) < 4.78 is 16.4. The van der Waals surface area contributed by atoms with E-state index in [0.717, 1.165) is 23.1 Å². The van der Waals surface area contributed by atoms with Gasteiger partial charge in [0.25, 0.3) is 0 Å². The van der Waals surface area contributed by atoms with Gasteiger partial charge in [-0.2, -0.15) is 0 Å². The lowest BCUT2D eigenvalue weighted by molar-refractivity contribution is -0.138. The van der Waals surface area contributed by atoms with Gasteiger partial charge >= 0.3 is 12.1 Å². The van der Waals surface area contributed by atoms with Crippen molar-refractivity contribution < 1.29 is 24.0 Å². The minimum absolute atomic E-state index is 0.0462. The molecule has 0 aromatic heterocycles. The van der Waals surface area contributed by atoms with Crippen molar-refractivity contribution >= 4 is 23.2 Å². The van der Waals surface area contributed by atoms with Crippen LogP contribution in [0.2, 0.25) is 0 Å². The summed E-state index contributed by atoms with van der Waals surface area (Å²) >= 11 is -1.35. The zero-order valence-electron chi connectivity index (χ0n) is 14.2. The molecule has 3 rings (SSSR count). The number of benzene rings is 2. The molecule has 0 saturated carbocycles. The molecule has 2 unspecified atom stereocenters. The van der Waals surface area contributed by atoms with Gasteiger partial charge in [-0.3, -0.25) is 0 Å². The zero-order valence-corrected chi connectivity index (χ0v) is 15.0. The van der Waals surface area contributed by atoms with Crippen LogP contribution < -0.4 is 5.32 Å². The highest BCUT2D eigenvalue weighted by molar-refractivity contribution is 7.90. The Bertz CT molecular complexity index is 836. The van der Waals surface area contributed by atoms with Gasteiger partial charge in [0, 0.05) is 0 Å². The van der Waals surface area contributed by atoms with Crippen LogP contribution >= 0.6 is 0 Å². The highest BCUT2D eigenvalue weighted by Gasteiger charge is 2.25. The molecule has 26 heavy (non-hydrogen) atoms. The number of alkyl carbamates (subject to hydrolysis) is 1. The molecular weight excluding hydrogens is 354 g/mol. The number of rotatable bonds is 6. The fourth-order valence-electron chi connectivity index (χ4n) is 3.10. The lowest BCUT2D eigenvalue weighted by Gasteiger charge is -2.15. The molecule has 2 aromatic carbocycles. The van der Waals surface area contributed by atoms with E-state index >= 15 is 0 Å². The third kappa shape index (κ3) is 4.00. The van der Waals surface area contributed by atoms with Crippen molar-refractivity contribution in [3.63, 3.8) is 0 Å². The highest BCUT2D eigenvalue weighted by atomic mass is 32.2. The summed E-state index contributed by atoms with van der Waals surface area (Å²) in [5.41, 5.74) is 5.55. The number of hydrogen-bond acceptors (Lipinski definition) is 4. The summed E-state index contributed by atoms with van der Waals surface area (Å²) in [4.78, 5) is 23.1. The number of carboxylic acids is 1. The molecular formula is C19H19NO5S. The minimum atomic E-state index is -1.35. The van der Waals surface area contributed by atoms with Crippen molar-refractivity contribution in [3.8, 4) is 11.1 Å². The van der Waals surface area contributed by atoms with Crippen LogP contribution in [0.25, 0.3) is 11.1 Å². The summed E-state index contributed by atoms with van der Waals surface area (Å²) in [5, 5.41) is 11.3. The Hall–Kier alpha value is -2.51. The largest absolute Gasteiger partial charge is 0.616 e. The maximum atomic E-state index is 11.9. The van der Waals surface area contributed by atoms with E-state index in [4.69, 9.17) is 9.84 Å². The first-order chi connectivity index (χ1) is 12.5. The summed E-state index contributed by atoms with van der Waals surface area (Å²) in [6.07, 6.45) is 1.32. The maximum Gasteiger partial charge on any atom is 0.408 e. The van der Waals surface area contributed by atoms with Crippen LogP contribution in [0, 0.1) is 0 Å². The smallest absolute Gasteiger partial charge is 0.408 e. The van der Waals surface area contributed by atoms with Crippen LogP contribution in [0.1, 0.15) is 16.7 Å². The van der Waals surface area contributed by atoms with E-state index in [0.29, 0.717) is 0 Å². The monoisotopic (exact) mass is 373 g/mol. The molecule has 1 aliphatic carbocycles. The second kappa shape index (κ2) is 7.80. The molecule has 2 N–H and O–H groups in total. The van der Waals surface area contributed by atoms with Gasteiger partial charge in [-0.05, 0) is 34.2 Å². The van der Waals surface area contributed by atoms with Gasteiger partial charge in [-0.1, -0.05) is 53.6 Å². The van der Waals surface area contributed by atoms with Crippen molar-refractivity contribution in [2.75, 3.05) is 12.0 Å². The molecule has 2 atom stereocenters. The van der Waals surface area contributed by atoms with Crippen molar-refractivity contribution in [2.45, 2.75) is 19.1 Å². The number of fused-ring (bicyclic) bond motifs is 3. The van der Waals surface area contributed by atoms with Gasteiger partial charge in [0.2, 0.25) is 0 Å². The molecule has 0 bridgehead atoms. The molecule has 0 saturated heterocycles. The van der Waals surface area contributed by atoms with Crippen molar-refractivity contribution in [2.24, 2.45) is 0 Å². The number of nitrogens with one attached hydrogen (secondary N) is 1. The third-order valence-corrected chi connectivity index (χ3v) is 5.10. The van der Waals surface area contributed by atoms with E-state index in [1.807, 2.05) is 30.3 Å². The Balaban J connectivity index is 1.66. The Morgan fingerprint density at radius 1 is 1.23 bits per heavy atom. The van der Waals surface area contributed by atoms with Crippen LogP contribution in [0.15, 0.2) is 42.5 Å². The summed E-state index contributed by atoms with van der Waals surface area (Å²) in [7, 11) is 0. The first-order valence-electron chi connectivity index (χ1n) is 8.11. The zero-order chi connectivity index (χ0) is 18.7. The Kier molecular flexibility index (Phi) is 5.49. The minimum Gasteiger partial charge on any atom is -0.616 e. The molecule has 1 aliphatic rings. The second-order valence-electron chi connectivity index (χ2n) is 6.13. The predicted molar refractivity (Wildman–Crippen MR) is 98.4 cm³/mol. The van der Waals surface area contributed by atoms with E-state index in [1.54, 1.807) is 0 Å². The topological polar surface area (TPSA) is 98.7 Å². The first kappa shape index (κ1) is 18.3. The standard InChI is InChI=1S/C19H19NO5S/c1-26(24)11-17(18(21)22)20-19(23)25-10-13-6-4-8-15-14-7-3-2-5-12(14)9-16(13)15/h2-8,17H,9-11H2,1H3,(H,20,23)(H,21,22). The normalized spacial score (nSPS) is 14.1. The van der Waals surface area contributed by atoms with E-state index in [9.17, 15) is 14.1 Å². The quantitative estimate of drug-likeness (QED) is 0.646. The molecule has 1 amide bonds. The summed E-state index contributed by atoms with van der Waals surface area (Å²) in [5.74, 6) is -1.41. The molecule has 2 aromatic rings. The average Bonchev–Trinajstić information content (AvgIpc) is 2.98. The van der Waals surface area contributed by atoms with Gasteiger partial charge in [0.15, 0.2) is 6.04 Å². The second-order valence-corrected chi connectivity index (χ2v) is 7.61. The third-order valence-electron chi connectivity index (χ3n) is 4.30. The first-order valence-corrected chi connectivity index (χ1v) is 9.83. The highest BCUT2D eigenvalue weighted by Crippen LogP contribution is 2.38. The van der Waals surface area contributed by atoms with E-state index < -0.39 is 29.3 Å². The van der Waals surface area contributed by atoms with Gasteiger partial charge in [-0.15, -0.1) is 0 Å². The average molecular weight is 373 g/mol. The van der Waals surface area contributed by atoms with Crippen LogP contribution in [-0.4, -0.2) is 39.8 Å². The molecule has 0 heterocycles. The number of amides is 1. The number of carbonyl (C=O) groups is 2. The van der Waals surface area contributed by atoms with Gasteiger partial charge in [0.05, 0.1) is 6.26 Å². The Morgan fingerprint density at radius 2 is 1.96 bits per heavy atom. The SMILES string of the molecule is C[S+]([O-])CC(NC(=O)OCc1cccc2c1Cc1ccccc1-2)C(=O)O. The molecule has 0 spiro atoms. The molecule has 136 valence electrons. The van der Waals surface area contributed by atoms with E-state index in [-0.39, 0.29) is 12.4 Å². The van der Waals surface area contributed by atoms with Crippen molar-refractivity contribution in [3.05, 3.63) is 59.2 Å². The van der Waals surface area contributed by atoms with Crippen LogP contribution in [-0.2, 0) is 33.7 Å².